The second kappa shape index (κ2) is 3.95. The molecule has 3 nitrogen and oxygen atoms in total. The first-order chi connectivity index (χ1) is 7.29. The number of para-hydroxylation sites is 1. The lowest BCUT2D eigenvalue weighted by atomic mass is 10.1. The summed E-state index contributed by atoms with van der Waals surface area (Å²) in [6, 6.07) is 7.88. The van der Waals surface area contributed by atoms with Crippen LogP contribution in [0.4, 0.5) is 0 Å². The second-order valence-corrected chi connectivity index (χ2v) is 3.65. The molecular formula is C12H16N2O. The third-order valence-corrected chi connectivity index (χ3v) is 2.79. The van der Waals surface area contributed by atoms with Gasteiger partial charge in [0, 0.05) is 5.39 Å². The van der Waals surface area contributed by atoms with Gasteiger partial charge in [-0.3, -0.25) is 0 Å². The van der Waals surface area contributed by atoms with Gasteiger partial charge in [0.2, 0.25) is 0 Å². The molecule has 0 saturated carbocycles. The molecule has 0 amide bonds. The van der Waals surface area contributed by atoms with Crippen molar-refractivity contribution in [1.29, 1.82) is 0 Å². The van der Waals surface area contributed by atoms with Crippen molar-refractivity contribution in [3.8, 4) is 0 Å². The smallest absolute Gasteiger partial charge is 0.0871 e. The van der Waals surface area contributed by atoms with Gasteiger partial charge in [-0.25, -0.2) is 0 Å². The Balaban J connectivity index is 2.73. The van der Waals surface area contributed by atoms with Crippen molar-refractivity contribution in [2.24, 2.45) is 5.73 Å². The van der Waals surface area contributed by atoms with Crippen LogP contribution in [-0.4, -0.2) is 16.5 Å². The monoisotopic (exact) mass is 204 g/mol. The van der Waals surface area contributed by atoms with E-state index in [4.69, 9.17) is 5.73 Å². The van der Waals surface area contributed by atoms with E-state index in [1.165, 1.54) is 10.3 Å². The lowest BCUT2D eigenvalue weighted by Gasteiger charge is -2.02. The van der Waals surface area contributed by atoms with Crippen LogP contribution in [0.2, 0.25) is 0 Å². The highest BCUT2D eigenvalue weighted by molar-refractivity contribution is 5.85. The zero-order chi connectivity index (χ0) is 10.8. The summed E-state index contributed by atoms with van der Waals surface area (Å²) < 4.78 is 1.29. The van der Waals surface area contributed by atoms with Crippen LogP contribution in [0.25, 0.3) is 10.9 Å². The molecule has 0 aliphatic heterocycles. The minimum Gasteiger partial charge on any atom is -0.428 e. The molecule has 3 heteroatoms. The second-order valence-electron chi connectivity index (χ2n) is 3.65. The summed E-state index contributed by atoms with van der Waals surface area (Å²) in [7, 11) is 0. The van der Waals surface area contributed by atoms with E-state index >= 15 is 0 Å². The van der Waals surface area contributed by atoms with Crippen LogP contribution in [0.15, 0.2) is 24.3 Å². The van der Waals surface area contributed by atoms with Crippen LogP contribution < -0.4 is 5.73 Å². The van der Waals surface area contributed by atoms with Gasteiger partial charge in [-0.2, -0.15) is 4.73 Å². The fourth-order valence-corrected chi connectivity index (χ4v) is 2.13. The fraction of sp³-hybridized carbons (Fsp3) is 0.333. The molecule has 0 fully saturated rings. The van der Waals surface area contributed by atoms with Gasteiger partial charge in [-0.05, 0) is 31.0 Å². The molecule has 80 valence electrons. The quantitative estimate of drug-likeness (QED) is 0.751. The van der Waals surface area contributed by atoms with Gasteiger partial charge in [-0.1, -0.05) is 25.1 Å². The summed E-state index contributed by atoms with van der Waals surface area (Å²) in [5, 5.41) is 11.1. The summed E-state index contributed by atoms with van der Waals surface area (Å²) in [5.41, 5.74) is 8.62. The van der Waals surface area contributed by atoms with Crippen LogP contribution in [0.1, 0.15) is 18.2 Å². The van der Waals surface area contributed by atoms with Crippen molar-refractivity contribution in [3.63, 3.8) is 0 Å². The maximum Gasteiger partial charge on any atom is 0.0871 e. The zero-order valence-electron chi connectivity index (χ0n) is 8.90. The van der Waals surface area contributed by atoms with Gasteiger partial charge in [0.05, 0.1) is 11.2 Å². The molecule has 0 radical (unpaired) electrons. The molecule has 1 aromatic carbocycles. The average Bonchev–Trinajstić information content (AvgIpc) is 2.54. The topological polar surface area (TPSA) is 51.2 Å². The molecule has 2 aromatic rings. The lowest BCUT2D eigenvalue weighted by Crippen LogP contribution is -2.05. The molecular weight excluding hydrogens is 188 g/mol. The van der Waals surface area contributed by atoms with Crippen molar-refractivity contribution in [2.45, 2.75) is 19.8 Å². The number of nitrogens with zero attached hydrogens (tertiary/aromatic N) is 1. The van der Waals surface area contributed by atoms with Crippen LogP contribution in [-0.2, 0) is 12.8 Å². The first-order valence-electron chi connectivity index (χ1n) is 5.30. The van der Waals surface area contributed by atoms with E-state index in [9.17, 15) is 5.21 Å². The molecule has 1 heterocycles. The Morgan fingerprint density at radius 1 is 1.33 bits per heavy atom. The maximum absolute atomic E-state index is 9.97. The van der Waals surface area contributed by atoms with Crippen LogP contribution in [0.5, 0.6) is 0 Å². The van der Waals surface area contributed by atoms with E-state index < -0.39 is 0 Å². The number of fused-ring (bicyclic) bond motifs is 1. The molecule has 15 heavy (non-hydrogen) atoms. The first-order valence-corrected chi connectivity index (χ1v) is 5.30. The van der Waals surface area contributed by atoms with Crippen LogP contribution in [0.3, 0.4) is 0 Å². The zero-order valence-corrected chi connectivity index (χ0v) is 8.90. The predicted octanol–water partition coefficient (Wildman–Crippen LogP) is 1.94. The maximum atomic E-state index is 9.97. The summed E-state index contributed by atoms with van der Waals surface area (Å²) in [5.74, 6) is 0. The molecule has 1 aromatic heterocycles. The molecule has 0 bridgehead atoms. The standard InChI is InChI=1S/C12H16N2O/c1-2-11-10(7-8-13)9-5-3-4-6-12(9)14(11)15/h3-6,15H,2,7-8,13H2,1H3. The van der Waals surface area contributed by atoms with Crippen molar-refractivity contribution in [2.75, 3.05) is 6.54 Å². The Morgan fingerprint density at radius 2 is 2.07 bits per heavy atom. The Morgan fingerprint density at radius 3 is 2.73 bits per heavy atom. The first kappa shape index (κ1) is 10.1. The highest BCUT2D eigenvalue weighted by Crippen LogP contribution is 2.25. The van der Waals surface area contributed by atoms with Gasteiger partial charge in [0.15, 0.2) is 0 Å². The Bertz CT molecular complexity index is 474. The van der Waals surface area contributed by atoms with E-state index in [1.54, 1.807) is 0 Å². The number of hydrogen-bond acceptors (Lipinski definition) is 2. The molecule has 0 aliphatic carbocycles. The number of aromatic nitrogens is 1. The highest BCUT2D eigenvalue weighted by atomic mass is 16.5. The van der Waals surface area contributed by atoms with E-state index in [1.807, 2.05) is 31.2 Å². The SMILES string of the molecule is CCc1c(CCN)c2ccccc2n1O. The molecule has 0 unspecified atom stereocenters. The third kappa shape index (κ3) is 1.49. The molecule has 2 rings (SSSR count). The van der Waals surface area contributed by atoms with E-state index in [0.29, 0.717) is 6.54 Å². The van der Waals surface area contributed by atoms with E-state index in [-0.39, 0.29) is 0 Å². The normalized spacial score (nSPS) is 11.1. The predicted molar refractivity (Wildman–Crippen MR) is 61.3 cm³/mol. The number of benzene rings is 1. The summed E-state index contributed by atoms with van der Waals surface area (Å²) in [4.78, 5) is 0. The minimum atomic E-state index is 0.612. The van der Waals surface area contributed by atoms with Crippen molar-refractivity contribution in [3.05, 3.63) is 35.5 Å². The van der Waals surface area contributed by atoms with Crippen LogP contribution in [0, 0.1) is 0 Å². The number of nitrogens with two attached hydrogens (primary N) is 1. The molecule has 0 spiro atoms. The van der Waals surface area contributed by atoms with Gasteiger partial charge < -0.3 is 10.9 Å². The Kier molecular flexibility index (Phi) is 2.64. The lowest BCUT2D eigenvalue weighted by molar-refractivity contribution is 0.190. The largest absolute Gasteiger partial charge is 0.428 e. The van der Waals surface area contributed by atoms with Crippen molar-refractivity contribution >= 4 is 10.9 Å². The Labute approximate surface area is 89.1 Å². The van der Waals surface area contributed by atoms with Crippen molar-refractivity contribution < 1.29 is 5.21 Å². The van der Waals surface area contributed by atoms with Gasteiger partial charge in [0.1, 0.15) is 0 Å². The third-order valence-electron chi connectivity index (χ3n) is 2.79. The fourth-order valence-electron chi connectivity index (χ4n) is 2.13. The number of hydrogen-bond donors (Lipinski definition) is 2. The molecule has 0 atom stereocenters. The van der Waals surface area contributed by atoms with Crippen LogP contribution >= 0.6 is 0 Å². The summed E-state index contributed by atoms with van der Waals surface area (Å²) in [6.07, 6.45) is 1.64. The average molecular weight is 204 g/mol. The Hall–Kier alpha value is -1.48. The summed E-state index contributed by atoms with van der Waals surface area (Å²) in [6.45, 7) is 2.65. The van der Waals surface area contributed by atoms with Gasteiger partial charge >= 0.3 is 0 Å². The van der Waals surface area contributed by atoms with Crippen molar-refractivity contribution in [1.82, 2.24) is 4.73 Å². The summed E-state index contributed by atoms with van der Waals surface area (Å²) >= 11 is 0. The number of rotatable bonds is 3. The van der Waals surface area contributed by atoms with Gasteiger partial charge in [-0.15, -0.1) is 0 Å². The highest BCUT2D eigenvalue weighted by Gasteiger charge is 2.13. The molecule has 3 N–H and O–H groups in total. The van der Waals surface area contributed by atoms with E-state index in [0.717, 1.165) is 29.4 Å². The molecule has 0 saturated heterocycles. The van der Waals surface area contributed by atoms with Gasteiger partial charge in [0.25, 0.3) is 0 Å². The molecule has 0 aliphatic rings. The minimum absolute atomic E-state index is 0.612. The van der Waals surface area contributed by atoms with E-state index in [2.05, 4.69) is 0 Å².